The van der Waals surface area contributed by atoms with Gasteiger partial charge in [0.25, 0.3) is 15.9 Å². The van der Waals surface area contributed by atoms with E-state index in [0.29, 0.717) is 24.0 Å². The van der Waals surface area contributed by atoms with Gasteiger partial charge in [0, 0.05) is 24.1 Å². The molecule has 0 saturated heterocycles. The predicted octanol–water partition coefficient (Wildman–Crippen LogP) is 6.50. The maximum absolute atomic E-state index is 14.5. The van der Waals surface area contributed by atoms with Gasteiger partial charge in [0.15, 0.2) is 11.4 Å². The molecule has 1 heterocycles. The summed E-state index contributed by atoms with van der Waals surface area (Å²) in [5, 5.41) is 0. The fraction of sp³-hybridized carbons (Fsp3) is 0.258. The molecule has 0 spiro atoms. The van der Waals surface area contributed by atoms with Crippen LogP contribution in [0.3, 0.4) is 0 Å². The van der Waals surface area contributed by atoms with E-state index in [-0.39, 0.29) is 34.8 Å². The van der Waals surface area contributed by atoms with Gasteiger partial charge in [-0.15, -0.1) is 0 Å². The molecule has 0 saturated carbocycles. The van der Waals surface area contributed by atoms with E-state index in [1.807, 2.05) is 0 Å². The van der Waals surface area contributed by atoms with Gasteiger partial charge in [-0.25, -0.2) is 22.9 Å². The van der Waals surface area contributed by atoms with Crippen molar-refractivity contribution in [3.63, 3.8) is 0 Å². The highest BCUT2D eigenvalue weighted by molar-refractivity contribution is 7.90. The second-order valence-corrected chi connectivity index (χ2v) is 11.6. The van der Waals surface area contributed by atoms with E-state index in [4.69, 9.17) is 0 Å². The molecule has 238 valence electrons. The van der Waals surface area contributed by atoms with Crippen LogP contribution >= 0.6 is 0 Å². The summed E-state index contributed by atoms with van der Waals surface area (Å²) in [6.45, 7) is 1.49. The minimum Gasteiger partial charge on any atom is -0.464 e. The zero-order valence-corrected chi connectivity index (χ0v) is 24.9. The van der Waals surface area contributed by atoms with Crippen LogP contribution in [-0.2, 0) is 33.6 Å². The van der Waals surface area contributed by atoms with Gasteiger partial charge in [-0.3, -0.25) is 4.79 Å². The van der Waals surface area contributed by atoms with E-state index < -0.39 is 45.4 Å². The number of aromatic nitrogens is 2. The molecule has 0 unspecified atom stereocenters. The first-order valence-electron chi connectivity index (χ1n) is 13.6. The molecule has 0 atom stereocenters. The highest BCUT2D eigenvalue weighted by atomic mass is 32.2. The Morgan fingerprint density at radius 3 is 2.13 bits per heavy atom. The number of alkyl halides is 5. The molecule has 4 aromatic rings. The number of carbonyl (C=O) groups excluding carboxylic acids is 2. The lowest BCUT2D eigenvalue weighted by molar-refractivity contribution is -0.291. The molecule has 0 bridgehead atoms. The number of methoxy groups -OCH3 is 1. The lowest BCUT2D eigenvalue weighted by atomic mass is 10.0. The Morgan fingerprint density at radius 1 is 0.911 bits per heavy atom. The maximum atomic E-state index is 14.5. The number of amides is 1. The smallest absolute Gasteiger partial charge is 0.459 e. The lowest BCUT2D eigenvalue weighted by Gasteiger charge is -2.19. The minimum atomic E-state index is -6.01. The number of sulfonamides is 1. The molecular weight excluding hydrogens is 621 g/mol. The van der Waals surface area contributed by atoms with Crippen molar-refractivity contribution in [1.82, 2.24) is 14.3 Å². The van der Waals surface area contributed by atoms with Crippen molar-refractivity contribution in [2.24, 2.45) is 0 Å². The number of halogens is 5. The van der Waals surface area contributed by atoms with Gasteiger partial charge < -0.3 is 9.30 Å². The Bertz CT molecular complexity index is 1790. The Balaban J connectivity index is 1.71. The molecule has 1 aromatic heterocycles. The third kappa shape index (κ3) is 7.06. The van der Waals surface area contributed by atoms with E-state index >= 15 is 0 Å². The molecular formula is C31H28F5N3O5S. The number of hydrogen-bond donors (Lipinski definition) is 1. The Morgan fingerprint density at radius 2 is 1.53 bits per heavy atom. The predicted molar refractivity (Wildman–Crippen MR) is 154 cm³/mol. The summed E-state index contributed by atoms with van der Waals surface area (Å²) < 4.78 is 103. The second-order valence-electron chi connectivity index (χ2n) is 9.97. The molecule has 0 radical (unpaired) electrons. The van der Waals surface area contributed by atoms with Gasteiger partial charge in [0.1, 0.15) is 5.82 Å². The van der Waals surface area contributed by atoms with Crippen molar-refractivity contribution < 1.29 is 44.7 Å². The number of ether oxygens (including phenoxy) is 1. The van der Waals surface area contributed by atoms with Crippen LogP contribution in [-0.4, -0.2) is 43.1 Å². The second kappa shape index (κ2) is 13.2. The van der Waals surface area contributed by atoms with E-state index in [0.717, 1.165) is 11.7 Å². The van der Waals surface area contributed by atoms with Gasteiger partial charge >= 0.3 is 18.1 Å². The molecule has 0 aliphatic rings. The molecule has 45 heavy (non-hydrogen) atoms. The zero-order valence-electron chi connectivity index (χ0n) is 24.1. The van der Waals surface area contributed by atoms with Gasteiger partial charge in [-0.05, 0) is 35.7 Å². The summed E-state index contributed by atoms with van der Waals surface area (Å²) in [7, 11) is -3.46. The summed E-state index contributed by atoms with van der Waals surface area (Å²) in [5.41, 5.74) is -1.57. The van der Waals surface area contributed by atoms with Crippen LogP contribution in [0.25, 0.3) is 11.1 Å². The highest BCUT2D eigenvalue weighted by Gasteiger charge is 2.62. The number of carbonyl (C=O) groups is 2. The van der Waals surface area contributed by atoms with Crippen molar-refractivity contribution >= 4 is 21.9 Å². The van der Waals surface area contributed by atoms with Crippen LogP contribution in [0.2, 0.25) is 0 Å². The summed E-state index contributed by atoms with van der Waals surface area (Å²) >= 11 is 0. The van der Waals surface area contributed by atoms with Crippen molar-refractivity contribution in [2.45, 2.75) is 49.7 Å². The average Bonchev–Trinajstić information content (AvgIpc) is 3.38. The Kier molecular flexibility index (Phi) is 9.76. The van der Waals surface area contributed by atoms with E-state index in [9.17, 15) is 40.0 Å². The number of benzene rings is 3. The summed E-state index contributed by atoms with van der Waals surface area (Å²) in [5.74, 6) is -7.79. The van der Waals surface area contributed by atoms with Crippen LogP contribution in [0.5, 0.6) is 0 Å². The first-order valence-corrected chi connectivity index (χ1v) is 15.1. The molecule has 0 fully saturated rings. The van der Waals surface area contributed by atoms with Gasteiger partial charge in [0.05, 0.1) is 12.0 Å². The quantitative estimate of drug-likeness (QED) is 0.147. The molecule has 0 aliphatic carbocycles. The maximum Gasteiger partial charge on any atom is 0.459 e. The van der Waals surface area contributed by atoms with Crippen molar-refractivity contribution in [3.8, 4) is 11.1 Å². The molecule has 1 N–H and O–H groups in total. The normalized spacial score (nSPS) is 12.2. The van der Waals surface area contributed by atoms with Crippen LogP contribution in [0.15, 0.2) is 83.8 Å². The largest absolute Gasteiger partial charge is 0.464 e. The zero-order chi connectivity index (χ0) is 33.0. The van der Waals surface area contributed by atoms with Gasteiger partial charge in [-0.2, -0.15) is 22.0 Å². The van der Waals surface area contributed by atoms with Gasteiger partial charge in [-0.1, -0.05) is 74.0 Å². The minimum absolute atomic E-state index is 0.0203. The molecule has 4 rings (SSSR count). The monoisotopic (exact) mass is 649 g/mol. The lowest BCUT2D eigenvalue weighted by Crippen LogP contribution is -2.36. The summed E-state index contributed by atoms with van der Waals surface area (Å²) in [6.07, 6.45) is -5.01. The third-order valence-corrected chi connectivity index (χ3v) is 8.27. The van der Waals surface area contributed by atoms with Crippen LogP contribution in [0.1, 0.15) is 57.7 Å². The number of rotatable bonds is 11. The Hall–Kier alpha value is -4.59. The first kappa shape index (κ1) is 33.3. The van der Waals surface area contributed by atoms with E-state index in [2.05, 4.69) is 14.4 Å². The highest BCUT2D eigenvalue weighted by Crippen LogP contribution is 2.45. The topological polar surface area (TPSA) is 107 Å². The van der Waals surface area contributed by atoms with Gasteiger partial charge in [0.2, 0.25) is 0 Å². The fourth-order valence-corrected chi connectivity index (χ4v) is 5.79. The van der Waals surface area contributed by atoms with Crippen LogP contribution in [0, 0.1) is 0 Å². The average molecular weight is 650 g/mol. The number of nitrogens with zero attached hydrogens (tertiary/aromatic N) is 2. The van der Waals surface area contributed by atoms with E-state index in [1.54, 1.807) is 31.2 Å². The number of hydrogen-bond acceptors (Lipinski definition) is 6. The summed E-state index contributed by atoms with van der Waals surface area (Å²) in [4.78, 5) is 28.5. The van der Waals surface area contributed by atoms with Crippen LogP contribution < -0.4 is 4.72 Å². The van der Waals surface area contributed by atoms with Crippen molar-refractivity contribution in [1.29, 1.82) is 0 Å². The van der Waals surface area contributed by atoms with Crippen LogP contribution in [0.4, 0.5) is 22.0 Å². The number of esters is 1. The SMILES string of the molecule is CCCCc1nc(C(F)(F)C(F)(F)F)c(C(=O)OC)n1Cc1ccc(-c2ccccc2S(=O)(=O)NC(=O)c2ccccc2)cc1. The number of nitrogens with one attached hydrogen (secondary N) is 1. The first-order chi connectivity index (χ1) is 21.2. The number of imidazole rings is 1. The Labute approximate surface area is 255 Å². The molecule has 14 heteroatoms. The molecule has 0 aliphatic heterocycles. The molecule has 1 amide bonds. The standard InChI is InChI=1S/C31H28F5N3O5S/c1-3-4-14-25-37-27(30(32,33)31(34,35)36)26(29(41)44-2)39(25)19-20-15-17-21(18-16-20)23-12-8-9-13-24(23)45(42,43)38-28(40)22-10-6-5-7-11-22/h5-13,15-18H,3-4,14,19H2,1-2H3,(H,38,40). The fourth-order valence-electron chi connectivity index (χ4n) is 4.59. The number of unbranched alkanes of at least 4 members (excludes halogenated alkanes) is 1. The molecule has 3 aromatic carbocycles. The van der Waals surface area contributed by atoms with E-state index in [1.165, 1.54) is 54.6 Å². The third-order valence-electron chi connectivity index (χ3n) is 6.88. The molecule has 8 nitrogen and oxygen atoms in total. The van der Waals surface area contributed by atoms with Crippen molar-refractivity contribution in [2.75, 3.05) is 7.11 Å². The summed E-state index contributed by atoms with van der Waals surface area (Å²) in [6, 6.07) is 19.8. The number of aryl methyl sites for hydroxylation is 1. The van der Waals surface area contributed by atoms with Crippen molar-refractivity contribution in [3.05, 3.63) is 107 Å².